The summed E-state index contributed by atoms with van der Waals surface area (Å²) in [6.45, 7) is 4.39. The Bertz CT molecular complexity index is 216. The zero-order valence-corrected chi connectivity index (χ0v) is 10.4. The first-order valence-electron chi connectivity index (χ1n) is 6.05. The number of carbonyl (C=O) groups excluding carboxylic acids is 1. The molecule has 0 spiro atoms. The Morgan fingerprint density at radius 2 is 2.06 bits per heavy atom. The number of ether oxygens (including phenoxy) is 1. The molecular formula is C12H23NO3. The summed E-state index contributed by atoms with van der Waals surface area (Å²) in [7, 11) is 1.61. The fourth-order valence-corrected chi connectivity index (χ4v) is 2.20. The summed E-state index contributed by atoms with van der Waals surface area (Å²) in [5, 5.41) is 9.38. The van der Waals surface area contributed by atoms with Crippen molar-refractivity contribution in [3.05, 3.63) is 0 Å². The number of hydrogen-bond acceptors (Lipinski definition) is 3. The van der Waals surface area contributed by atoms with Crippen molar-refractivity contribution in [3.63, 3.8) is 0 Å². The van der Waals surface area contributed by atoms with Crippen molar-refractivity contribution < 1.29 is 14.6 Å². The molecule has 1 fully saturated rings. The quantitative estimate of drug-likeness (QED) is 0.766. The fourth-order valence-electron chi connectivity index (χ4n) is 2.20. The third kappa shape index (κ3) is 3.19. The van der Waals surface area contributed by atoms with Crippen LogP contribution >= 0.6 is 0 Å². The second kappa shape index (κ2) is 6.21. The van der Waals surface area contributed by atoms with Gasteiger partial charge in [-0.15, -0.1) is 0 Å². The second-order valence-electron chi connectivity index (χ2n) is 4.64. The number of carbonyl (C=O) groups is 1. The summed E-state index contributed by atoms with van der Waals surface area (Å²) in [5.74, 6) is 0.171. The maximum absolute atomic E-state index is 11.7. The molecule has 4 nitrogen and oxygen atoms in total. The number of aliphatic hydroxyl groups is 1. The molecule has 1 saturated heterocycles. The molecule has 0 aromatic carbocycles. The van der Waals surface area contributed by atoms with Gasteiger partial charge in [-0.1, -0.05) is 6.92 Å². The van der Waals surface area contributed by atoms with Crippen molar-refractivity contribution >= 4 is 5.91 Å². The van der Waals surface area contributed by atoms with Crippen LogP contribution in [0.4, 0.5) is 0 Å². The smallest absolute Gasteiger partial charge is 0.224 e. The number of methoxy groups -OCH3 is 1. The van der Waals surface area contributed by atoms with Crippen molar-refractivity contribution in [1.29, 1.82) is 0 Å². The number of aliphatic hydroxyl groups excluding tert-OH is 1. The number of amides is 1. The normalized spacial score (nSPS) is 19.8. The van der Waals surface area contributed by atoms with E-state index in [9.17, 15) is 9.90 Å². The van der Waals surface area contributed by atoms with Crippen molar-refractivity contribution in [2.75, 3.05) is 33.4 Å². The average molecular weight is 229 g/mol. The van der Waals surface area contributed by atoms with Gasteiger partial charge in [0.25, 0.3) is 0 Å². The maximum Gasteiger partial charge on any atom is 0.224 e. The van der Waals surface area contributed by atoms with Gasteiger partial charge in [-0.05, 0) is 24.7 Å². The van der Waals surface area contributed by atoms with Gasteiger partial charge in [0, 0.05) is 26.8 Å². The van der Waals surface area contributed by atoms with Gasteiger partial charge in [-0.25, -0.2) is 0 Å². The highest BCUT2D eigenvalue weighted by atomic mass is 16.5. The topological polar surface area (TPSA) is 49.8 Å². The first-order chi connectivity index (χ1) is 7.67. The number of likely N-dealkylation sites (tertiary alicyclic amines) is 1. The monoisotopic (exact) mass is 229 g/mol. The van der Waals surface area contributed by atoms with Crippen LogP contribution in [0.2, 0.25) is 0 Å². The first-order valence-corrected chi connectivity index (χ1v) is 6.05. The van der Waals surface area contributed by atoms with Crippen molar-refractivity contribution in [3.8, 4) is 0 Å². The van der Waals surface area contributed by atoms with Crippen LogP contribution in [-0.4, -0.2) is 49.3 Å². The highest BCUT2D eigenvalue weighted by molar-refractivity contribution is 5.76. The van der Waals surface area contributed by atoms with Crippen LogP contribution in [0.3, 0.4) is 0 Å². The van der Waals surface area contributed by atoms with E-state index in [1.54, 1.807) is 7.11 Å². The van der Waals surface area contributed by atoms with Gasteiger partial charge in [0.2, 0.25) is 5.91 Å². The van der Waals surface area contributed by atoms with Crippen molar-refractivity contribution in [2.45, 2.75) is 32.6 Å². The average Bonchev–Trinajstić information content (AvgIpc) is 2.36. The molecule has 0 unspecified atom stereocenters. The predicted molar refractivity (Wildman–Crippen MR) is 62.1 cm³/mol. The van der Waals surface area contributed by atoms with Crippen LogP contribution in [0.5, 0.6) is 0 Å². The minimum absolute atomic E-state index is 0.0536. The zero-order chi connectivity index (χ0) is 12.0. The maximum atomic E-state index is 11.7. The molecule has 1 amide bonds. The molecule has 1 N–H and O–H groups in total. The lowest BCUT2D eigenvalue weighted by Crippen LogP contribution is -2.44. The van der Waals surface area contributed by atoms with E-state index in [-0.39, 0.29) is 17.9 Å². The van der Waals surface area contributed by atoms with E-state index in [0.29, 0.717) is 13.0 Å². The molecule has 0 radical (unpaired) electrons. The van der Waals surface area contributed by atoms with Crippen LogP contribution in [0.25, 0.3) is 0 Å². The molecule has 0 aromatic heterocycles. The molecule has 1 heterocycles. The summed E-state index contributed by atoms with van der Waals surface area (Å²) in [6, 6.07) is 0. The molecule has 0 atom stereocenters. The minimum atomic E-state index is 0.0536. The Balaban J connectivity index is 2.39. The highest BCUT2D eigenvalue weighted by Gasteiger charge is 2.33. The van der Waals surface area contributed by atoms with Gasteiger partial charge in [-0.2, -0.15) is 0 Å². The third-order valence-corrected chi connectivity index (χ3v) is 3.78. The van der Waals surface area contributed by atoms with Gasteiger partial charge >= 0.3 is 0 Å². The number of rotatable bonds is 5. The van der Waals surface area contributed by atoms with Crippen LogP contribution in [0.1, 0.15) is 32.6 Å². The third-order valence-electron chi connectivity index (χ3n) is 3.78. The van der Waals surface area contributed by atoms with Gasteiger partial charge in [0.05, 0.1) is 13.0 Å². The molecule has 0 bridgehead atoms. The van der Waals surface area contributed by atoms with E-state index in [1.807, 2.05) is 4.90 Å². The predicted octanol–water partition coefficient (Wildman–Crippen LogP) is 1.03. The van der Waals surface area contributed by atoms with E-state index < -0.39 is 0 Å². The Labute approximate surface area is 97.6 Å². The van der Waals surface area contributed by atoms with E-state index in [0.717, 1.165) is 32.4 Å². The number of piperidine rings is 1. The molecule has 16 heavy (non-hydrogen) atoms. The van der Waals surface area contributed by atoms with E-state index in [1.165, 1.54) is 0 Å². The first kappa shape index (κ1) is 13.5. The summed E-state index contributed by atoms with van der Waals surface area (Å²) < 4.78 is 4.90. The largest absolute Gasteiger partial charge is 0.396 e. The standard InChI is InChI=1S/C12H23NO3/c1-3-12(10-14)5-7-13(8-6-12)11(15)4-9-16-2/h14H,3-10H2,1-2H3. The van der Waals surface area contributed by atoms with Crippen LogP contribution in [-0.2, 0) is 9.53 Å². The molecule has 1 aliphatic rings. The number of nitrogens with zero attached hydrogens (tertiary/aromatic N) is 1. The summed E-state index contributed by atoms with van der Waals surface area (Å²) >= 11 is 0. The Morgan fingerprint density at radius 3 is 2.50 bits per heavy atom. The summed E-state index contributed by atoms with van der Waals surface area (Å²) in [6.07, 6.45) is 3.29. The second-order valence-corrected chi connectivity index (χ2v) is 4.64. The zero-order valence-electron chi connectivity index (χ0n) is 10.4. The van der Waals surface area contributed by atoms with Crippen LogP contribution in [0.15, 0.2) is 0 Å². The van der Waals surface area contributed by atoms with Gasteiger partial charge < -0.3 is 14.7 Å². The summed E-state index contributed by atoms with van der Waals surface area (Å²) in [4.78, 5) is 13.6. The lowest BCUT2D eigenvalue weighted by atomic mass is 9.77. The fraction of sp³-hybridized carbons (Fsp3) is 0.917. The van der Waals surface area contributed by atoms with Crippen molar-refractivity contribution in [1.82, 2.24) is 4.90 Å². The van der Waals surface area contributed by atoms with Crippen molar-refractivity contribution in [2.24, 2.45) is 5.41 Å². The molecule has 1 rings (SSSR count). The van der Waals surface area contributed by atoms with Crippen LogP contribution < -0.4 is 0 Å². The minimum Gasteiger partial charge on any atom is -0.396 e. The molecule has 0 aliphatic carbocycles. The summed E-state index contributed by atoms with van der Waals surface area (Å²) in [5.41, 5.74) is 0.0536. The molecule has 94 valence electrons. The Hall–Kier alpha value is -0.610. The Morgan fingerprint density at radius 1 is 1.44 bits per heavy atom. The van der Waals surface area contributed by atoms with E-state index >= 15 is 0 Å². The van der Waals surface area contributed by atoms with Gasteiger partial charge in [0.15, 0.2) is 0 Å². The molecule has 1 aliphatic heterocycles. The highest BCUT2D eigenvalue weighted by Crippen LogP contribution is 2.34. The van der Waals surface area contributed by atoms with Gasteiger partial charge in [-0.3, -0.25) is 4.79 Å². The molecule has 0 aromatic rings. The lowest BCUT2D eigenvalue weighted by Gasteiger charge is -2.40. The van der Waals surface area contributed by atoms with E-state index in [2.05, 4.69) is 6.92 Å². The number of hydrogen-bond donors (Lipinski definition) is 1. The van der Waals surface area contributed by atoms with Gasteiger partial charge in [0.1, 0.15) is 0 Å². The van der Waals surface area contributed by atoms with E-state index in [4.69, 9.17) is 4.74 Å². The molecule has 0 saturated carbocycles. The van der Waals surface area contributed by atoms with Crippen LogP contribution in [0, 0.1) is 5.41 Å². The SMILES string of the molecule is CCC1(CO)CCN(C(=O)CCOC)CC1. The molecular weight excluding hydrogens is 206 g/mol. The Kier molecular flexibility index (Phi) is 5.22. The lowest BCUT2D eigenvalue weighted by molar-refractivity contribution is -0.135. The molecule has 4 heteroatoms.